The lowest BCUT2D eigenvalue weighted by Crippen LogP contribution is -2.83. The van der Waals surface area contributed by atoms with Crippen molar-refractivity contribution in [1.82, 2.24) is 4.90 Å². The van der Waals surface area contributed by atoms with Crippen LogP contribution in [0.3, 0.4) is 0 Å². The zero-order valence-electron chi connectivity index (χ0n) is 22.2. The second-order valence-electron chi connectivity index (χ2n) is 10.3. The van der Waals surface area contributed by atoms with E-state index in [1.165, 1.54) is 18.1 Å². The highest BCUT2D eigenvalue weighted by Gasteiger charge is 2.84. The molecule has 7 heteroatoms. The zero-order chi connectivity index (χ0) is 26.6. The van der Waals surface area contributed by atoms with Gasteiger partial charge in [-0.3, -0.25) is 0 Å². The molecule has 8 rings (SSSR count). The topological polar surface area (TPSA) is 91.1 Å². The molecule has 5 atom stereocenters. The van der Waals surface area contributed by atoms with Gasteiger partial charge in [0.25, 0.3) is 0 Å². The zero-order valence-corrected chi connectivity index (χ0v) is 22.2. The van der Waals surface area contributed by atoms with E-state index in [0.29, 0.717) is 22.8 Å². The van der Waals surface area contributed by atoms with Crippen molar-refractivity contribution in [3.8, 4) is 17.2 Å². The number of likely N-dealkylation sites (N-methyl/N-ethyl adjacent to an activating group) is 1. The summed E-state index contributed by atoms with van der Waals surface area (Å²) in [7, 11) is 3.75. The summed E-state index contributed by atoms with van der Waals surface area (Å²) in [4.78, 5) is 24.3. The summed E-state index contributed by atoms with van der Waals surface area (Å²) >= 11 is 0. The van der Waals surface area contributed by atoms with Crippen LogP contribution >= 0.6 is 0 Å². The first kappa shape index (κ1) is 25.5. The van der Waals surface area contributed by atoms with Crippen LogP contribution in [0.1, 0.15) is 55.1 Å². The summed E-state index contributed by atoms with van der Waals surface area (Å²) in [5.41, 5.74) is 9.64. The first-order chi connectivity index (χ1) is 17.9. The van der Waals surface area contributed by atoms with Crippen molar-refractivity contribution >= 4 is 12.3 Å². The van der Waals surface area contributed by atoms with Gasteiger partial charge in [0.05, 0.1) is 18.1 Å². The Bertz CT molecular complexity index is 1270. The van der Waals surface area contributed by atoms with E-state index >= 15 is 0 Å². The minimum atomic E-state index is -0.452. The summed E-state index contributed by atoms with van der Waals surface area (Å²) in [5, 5.41) is 0. The van der Waals surface area contributed by atoms with Gasteiger partial charge in [-0.15, -0.1) is 0 Å². The van der Waals surface area contributed by atoms with E-state index in [-0.39, 0.29) is 28.5 Å². The van der Waals surface area contributed by atoms with Crippen molar-refractivity contribution in [2.24, 2.45) is 11.1 Å². The van der Waals surface area contributed by atoms with Crippen LogP contribution < -0.4 is 19.9 Å². The molecule has 2 bridgehead atoms. The fourth-order valence-electron chi connectivity index (χ4n) is 7.80. The first-order valence-electron chi connectivity index (χ1n) is 13.1. The lowest BCUT2D eigenvalue weighted by Gasteiger charge is -2.68. The molecule has 0 amide bonds. The molecule has 2 aromatic carbocycles. The molecule has 4 unspecified atom stereocenters. The average Bonchev–Trinajstić information content (AvgIpc) is 3.23. The number of ether oxygens (including phenoxy) is 3. The largest absolute Gasteiger partial charge is 0.496 e. The smallest absolute Gasteiger partial charge is 0.347 e. The van der Waals surface area contributed by atoms with Crippen molar-refractivity contribution in [3.05, 3.63) is 65.2 Å². The van der Waals surface area contributed by atoms with E-state index < -0.39 is 5.97 Å². The normalized spacial score (nSPS) is 32.7. The van der Waals surface area contributed by atoms with Gasteiger partial charge < -0.3 is 29.6 Å². The molecule has 2 aliphatic heterocycles. The van der Waals surface area contributed by atoms with Crippen molar-refractivity contribution in [2.45, 2.75) is 63.1 Å². The quantitative estimate of drug-likeness (QED) is 0.292. The van der Waals surface area contributed by atoms with Gasteiger partial charge in [0, 0.05) is 30.0 Å². The van der Waals surface area contributed by atoms with Gasteiger partial charge in [0.15, 0.2) is 11.5 Å². The Hall–Kier alpha value is -3.16. The van der Waals surface area contributed by atoms with E-state index in [9.17, 15) is 4.79 Å². The Morgan fingerprint density at radius 2 is 1.92 bits per heavy atom. The van der Waals surface area contributed by atoms with Crippen LogP contribution in [0.5, 0.6) is 17.2 Å². The van der Waals surface area contributed by atoms with Gasteiger partial charge in [-0.25, -0.2) is 4.79 Å². The van der Waals surface area contributed by atoms with Crippen molar-refractivity contribution in [3.63, 3.8) is 0 Å². The lowest BCUT2D eigenvalue weighted by atomic mass is 9.36. The molecule has 1 saturated heterocycles. The number of nitrogens with zero attached hydrogens (tertiary/aromatic N) is 1. The molecule has 7 nitrogen and oxygen atoms in total. The molecule has 4 aliphatic carbocycles. The standard InChI is InChI=1S/C26H26N2O4.C2H4O.C2H6/c1-28-14-24-11-5-8-20-25(13-24)21-15(12-19(28)26(24,25)27)9-10-18(22(21)32-20)31-23(29)16-6-3-4-7-17(16)30-2;1-2-3;1-2/h3-7,9-11,19-20H,8,12-14,27H2,1-2H3;2H,1H3;1-2H3/t19?,20-,24?,25?,26?;;/m0../s1. The number of carbonyl (C=O) groups excluding carboxylic acids is 2. The van der Waals surface area contributed by atoms with Crippen LogP contribution in [0.25, 0.3) is 0 Å². The molecule has 196 valence electrons. The third-order valence-electron chi connectivity index (χ3n) is 8.94. The number of para-hydroxylation sites is 1. The van der Waals surface area contributed by atoms with Crippen LogP contribution in [0.4, 0.5) is 0 Å². The number of hydrogen-bond acceptors (Lipinski definition) is 7. The maximum absolute atomic E-state index is 13.0. The highest BCUT2D eigenvalue weighted by atomic mass is 16.6. The van der Waals surface area contributed by atoms with E-state index in [1.54, 1.807) is 25.3 Å². The number of benzene rings is 2. The number of nitrogens with two attached hydrogens (primary N) is 1. The summed E-state index contributed by atoms with van der Waals surface area (Å²) in [6.45, 7) is 6.43. The highest BCUT2D eigenvalue weighted by molar-refractivity contribution is 5.94. The molecule has 2 aromatic rings. The maximum Gasteiger partial charge on any atom is 0.347 e. The number of fused-ring (bicyclic) bond motifs is 1. The number of rotatable bonds is 3. The van der Waals surface area contributed by atoms with Crippen LogP contribution in [-0.2, 0) is 16.6 Å². The summed E-state index contributed by atoms with van der Waals surface area (Å²) in [6, 6.07) is 11.4. The molecule has 2 fully saturated rings. The Morgan fingerprint density at radius 1 is 1.19 bits per heavy atom. The number of methoxy groups -OCH3 is 1. The van der Waals surface area contributed by atoms with E-state index in [0.717, 1.165) is 32.1 Å². The van der Waals surface area contributed by atoms with Gasteiger partial charge in [-0.1, -0.05) is 44.2 Å². The summed E-state index contributed by atoms with van der Waals surface area (Å²) in [5.74, 6) is 1.21. The number of esters is 1. The predicted molar refractivity (Wildman–Crippen MR) is 141 cm³/mol. The minimum Gasteiger partial charge on any atom is -0.496 e. The van der Waals surface area contributed by atoms with Crippen LogP contribution in [-0.4, -0.2) is 55.5 Å². The van der Waals surface area contributed by atoms with Gasteiger partial charge in [-0.05, 0) is 50.6 Å². The maximum atomic E-state index is 13.0. The monoisotopic (exact) mass is 504 g/mol. The molecular weight excluding hydrogens is 468 g/mol. The van der Waals surface area contributed by atoms with Crippen LogP contribution in [0, 0.1) is 5.41 Å². The molecule has 1 saturated carbocycles. The van der Waals surface area contributed by atoms with Crippen molar-refractivity contribution in [2.75, 3.05) is 20.7 Å². The third kappa shape index (κ3) is 3.07. The average molecular weight is 505 g/mol. The highest BCUT2D eigenvalue weighted by Crippen LogP contribution is 2.76. The van der Waals surface area contributed by atoms with Crippen LogP contribution in [0.2, 0.25) is 0 Å². The molecule has 0 aromatic heterocycles. The molecule has 6 aliphatic rings. The SMILES string of the molecule is CC.CC=O.COc1ccccc1C(=O)Oc1ccc2c3c1O[C@H]1CC=CC45CN(C)C(C2)C4(N)C31C5. The van der Waals surface area contributed by atoms with Crippen molar-refractivity contribution in [1.29, 1.82) is 0 Å². The van der Waals surface area contributed by atoms with E-state index in [1.807, 2.05) is 26.0 Å². The summed E-state index contributed by atoms with van der Waals surface area (Å²) in [6.07, 6.45) is 8.05. The Labute approximate surface area is 218 Å². The van der Waals surface area contributed by atoms with Gasteiger partial charge >= 0.3 is 5.97 Å². The van der Waals surface area contributed by atoms with Gasteiger partial charge in [0.2, 0.25) is 0 Å². The van der Waals surface area contributed by atoms with Gasteiger partial charge in [-0.2, -0.15) is 0 Å². The number of carbonyl (C=O) groups is 2. The molecule has 2 N–H and O–H groups in total. The van der Waals surface area contributed by atoms with E-state index in [2.05, 4.69) is 30.2 Å². The molecule has 0 radical (unpaired) electrons. The second-order valence-corrected chi connectivity index (χ2v) is 10.3. The van der Waals surface area contributed by atoms with E-state index in [4.69, 9.17) is 24.7 Å². The fourth-order valence-corrected chi connectivity index (χ4v) is 7.80. The Morgan fingerprint density at radius 3 is 2.65 bits per heavy atom. The number of likely N-dealkylation sites (tertiary alicyclic amines) is 1. The Balaban J connectivity index is 0.000000525. The third-order valence-corrected chi connectivity index (χ3v) is 8.94. The first-order valence-corrected chi connectivity index (χ1v) is 13.1. The van der Waals surface area contributed by atoms with Crippen molar-refractivity contribution < 1.29 is 23.8 Å². The number of hydrogen-bond donors (Lipinski definition) is 1. The molecule has 2 spiro atoms. The van der Waals surface area contributed by atoms with Crippen LogP contribution in [0.15, 0.2) is 48.6 Å². The summed E-state index contributed by atoms with van der Waals surface area (Å²) < 4.78 is 17.9. The van der Waals surface area contributed by atoms with Gasteiger partial charge in [0.1, 0.15) is 23.7 Å². The lowest BCUT2D eigenvalue weighted by molar-refractivity contribution is -0.106. The number of aldehydes is 1. The molecular formula is C30H36N2O5. The minimum absolute atomic E-state index is 0.00604. The fraction of sp³-hybridized carbons (Fsp3) is 0.467. The predicted octanol–water partition coefficient (Wildman–Crippen LogP) is 4.06. The second kappa shape index (κ2) is 8.99. The molecule has 37 heavy (non-hydrogen) atoms. The Kier molecular flexibility index (Phi) is 6.20. The molecule has 2 heterocycles.